The average Bonchev–Trinajstić information content (AvgIpc) is 2.98. The molecule has 0 radical (unpaired) electrons. The fourth-order valence-electron chi connectivity index (χ4n) is 1.65. The summed E-state index contributed by atoms with van der Waals surface area (Å²) in [5.41, 5.74) is -0.166. The van der Waals surface area contributed by atoms with Crippen molar-refractivity contribution in [2.24, 2.45) is 5.41 Å². The molecule has 0 amide bonds. The molecule has 1 rings (SSSR count). The van der Waals surface area contributed by atoms with Crippen LogP contribution in [0.3, 0.4) is 0 Å². The Morgan fingerprint density at radius 1 is 1.43 bits per heavy atom. The van der Waals surface area contributed by atoms with Crippen molar-refractivity contribution in [3.05, 3.63) is 0 Å². The van der Waals surface area contributed by atoms with Crippen LogP contribution in [0.25, 0.3) is 0 Å². The van der Waals surface area contributed by atoms with Crippen LogP contribution in [0.2, 0.25) is 0 Å². The Morgan fingerprint density at radius 2 is 2.14 bits per heavy atom. The van der Waals surface area contributed by atoms with Crippen molar-refractivity contribution in [2.75, 3.05) is 20.2 Å². The van der Waals surface area contributed by atoms with E-state index in [1.807, 2.05) is 0 Å². The molecule has 1 N–H and O–H groups in total. The molecular weight excluding hydrogens is 178 g/mol. The Bertz CT molecular complexity index is 188. The molecule has 0 unspecified atom stereocenters. The number of carbonyl (C=O) groups excluding carboxylic acids is 1. The number of methoxy groups -OCH3 is 1. The minimum Gasteiger partial charge on any atom is -0.469 e. The third kappa shape index (κ3) is 2.98. The number of ether oxygens (including phenoxy) is 1. The van der Waals surface area contributed by atoms with Gasteiger partial charge in [0.25, 0.3) is 0 Å². The zero-order valence-electron chi connectivity index (χ0n) is 9.27. The monoisotopic (exact) mass is 199 g/mol. The summed E-state index contributed by atoms with van der Waals surface area (Å²) in [6.07, 6.45) is 5.68. The molecule has 0 heterocycles. The summed E-state index contributed by atoms with van der Waals surface area (Å²) in [4.78, 5) is 11.4. The topological polar surface area (TPSA) is 38.3 Å². The summed E-state index contributed by atoms with van der Waals surface area (Å²) in [5, 5.41) is 3.34. The number of unbranched alkanes of at least 4 members (excludes halogenated alkanes) is 2. The van der Waals surface area contributed by atoms with Crippen LogP contribution in [-0.2, 0) is 9.53 Å². The fourth-order valence-corrected chi connectivity index (χ4v) is 1.65. The first-order valence-corrected chi connectivity index (χ1v) is 5.54. The van der Waals surface area contributed by atoms with Gasteiger partial charge < -0.3 is 10.1 Å². The molecule has 1 fully saturated rings. The fraction of sp³-hybridized carbons (Fsp3) is 0.909. The number of carbonyl (C=O) groups is 1. The van der Waals surface area contributed by atoms with Crippen LogP contribution in [0, 0.1) is 5.41 Å². The largest absolute Gasteiger partial charge is 0.469 e. The predicted molar refractivity (Wildman–Crippen MR) is 56.1 cm³/mol. The SMILES string of the molecule is CCCCCNCC1(C(=O)OC)CC1. The lowest BCUT2D eigenvalue weighted by molar-refractivity contribution is -0.146. The van der Waals surface area contributed by atoms with Gasteiger partial charge in [-0.05, 0) is 25.8 Å². The summed E-state index contributed by atoms with van der Waals surface area (Å²) in [7, 11) is 1.47. The van der Waals surface area contributed by atoms with Gasteiger partial charge in [-0.3, -0.25) is 4.79 Å². The van der Waals surface area contributed by atoms with Crippen molar-refractivity contribution in [3.8, 4) is 0 Å². The molecular formula is C11H21NO2. The molecule has 0 aliphatic heterocycles. The summed E-state index contributed by atoms with van der Waals surface area (Å²) in [6, 6.07) is 0. The van der Waals surface area contributed by atoms with Gasteiger partial charge in [0.05, 0.1) is 12.5 Å². The lowest BCUT2D eigenvalue weighted by Crippen LogP contribution is -2.31. The van der Waals surface area contributed by atoms with Crippen molar-refractivity contribution < 1.29 is 9.53 Å². The zero-order valence-corrected chi connectivity index (χ0v) is 9.27. The van der Waals surface area contributed by atoms with E-state index in [-0.39, 0.29) is 11.4 Å². The van der Waals surface area contributed by atoms with Gasteiger partial charge in [0.1, 0.15) is 0 Å². The summed E-state index contributed by atoms with van der Waals surface area (Å²) >= 11 is 0. The van der Waals surface area contributed by atoms with Crippen LogP contribution in [0.4, 0.5) is 0 Å². The van der Waals surface area contributed by atoms with E-state index in [1.165, 1.54) is 26.4 Å². The first-order valence-electron chi connectivity index (χ1n) is 5.54. The van der Waals surface area contributed by atoms with Crippen molar-refractivity contribution in [1.82, 2.24) is 5.32 Å². The van der Waals surface area contributed by atoms with Crippen molar-refractivity contribution in [1.29, 1.82) is 0 Å². The molecule has 82 valence electrons. The third-order valence-electron chi connectivity index (χ3n) is 2.89. The molecule has 3 nitrogen and oxygen atoms in total. The van der Waals surface area contributed by atoms with E-state index in [1.54, 1.807) is 0 Å². The molecule has 14 heavy (non-hydrogen) atoms. The Balaban J connectivity index is 2.09. The molecule has 3 heteroatoms. The standard InChI is InChI=1S/C11H21NO2/c1-3-4-5-8-12-9-11(6-7-11)10(13)14-2/h12H,3-9H2,1-2H3. The molecule has 0 aromatic carbocycles. The maximum atomic E-state index is 11.4. The summed E-state index contributed by atoms with van der Waals surface area (Å²) in [5.74, 6) is -0.0412. The molecule has 1 saturated carbocycles. The van der Waals surface area contributed by atoms with E-state index in [4.69, 9.17) is 4.74 Å². The number of rotatable bonds is 7. The Kier molecular flexibility index (Phi) is 4.39. The second kappa shape index (κ2) is 5.35. The highest BCUT2D eigenvalue weighted by atomic mass is 16.5. The van der Waals surface area contributed by atoms with Crippen molar-refractivity contribution in [3.63, 3.8) is 0 Å². The van der Waals surface area contributed by atoms with Crippen LogP contribution in [0.5, 0.6) is 0 Å². The van der Waals surface area contributed by atoms with Gasteiger partial charge in [0.2, 0.25) is 0 Å². The second-order valence-electron chi connectivity index (χ2n) is 4.16. The second-order valence-corrected chi connectivity index (χ2v) is 4.16. The van der Waals surface area contributed by atoms with E-state index in [0.717, 1.165) is 25.9 Å². The molecule has 1 aliphatic rings. The Labute approximate surface area is 86.2 Å². The third-order valence-corrected chi connectivity index (χ3v) is 2.89. The van der Waals surface area contributed by atoms with Crippen LogP contribution in [0.1, 0.15) is 39.0 Å². The summed E-state index contributed by atoms with van der Waals surface area (Å²) in [6.45, 7) is 4.01. The quantitative estimate of drug-likeness (QED) is 0.501. The van der Waals surface area contributed by atoms with Gasteiger partial charge in [-0.2, -0.15) is 0 Å². The van der Waals surface area contributed by atoms with Gasteiger partial charge in [-0.15, -0.1) is 0 Å². The van der Waals surface area contributed by atoms with Gasteiger partial charge in [0, 0.05) is 6.54 Å². The number of hydrogen-bond donors (Lipinski definition) is 1. The molecule has 0 spiro atoms. The van der Waals surface area contributed by atoms with E-state index >= 15 is 0 Å². The average molecular weight is 199 g/mol. The normalized spacial score (nSPS) is 17.9. The Morgan fingerprint density at radius 3 is 2.64 bits per heavy atom. The smallest absolute Gasteiger partial charge is 0.313 e. The van der Waals surface area contributed by atoms with Crippen LogP contribution in [0.15, 0.2) is 0 Å². The van der Waals surface area contributed by atoms with Crippen LogP contribution in [-0.4, -0.2) is 26.2 Å². The van der Waals surface area contributed by atoms with Crippen molar-refractivity contribution >= 4 is 5.97 Å². The zero-order chi connectivity index (χ0) is 10.4. The van der Waals surface area contributed by atoms with E-state index < -0.39 is 0 Å². The Hall–Kier alpha value is -0.570. The maximum absolute atomic E-state index is 11.4. The van der Waals surface area contributed by atoms with E-state index in [0.29, 0.717) is 0 Å². The maximum Gasteiger partial charge on any atom is 0.313 e. The minimum atomic E-state index is -0.166. The highest BCUT2D eigenvalue weighted by molar-refractivity contribution is 5.80. The van der Waals surface area contributed by atoms with Gasteiger partial charge in [-0.1, -0.05) is 19.8 Å². The van der Waals surface area contributed by atoms with Crippen LogP contribution >= 0.6 is 0 Å². The van der Waals surface area contributed by atoms with Crippen molar-refractivity contribution in [2.45, 2.75) is 39.0 Å². The summed E-state index contributed by atoms with van der Waals surface area (Å²) < 4.78 is 4.78. The van der Waals surface area contributed by atoms with Gasteiger partial charge >= 0.3 is 5.97 Å². The molecule has 0 aromatic rings. The minimum absolute atomic E-state index is 0.0412. The lowest BCUT2D eigenvalue weighted by atomic mass is 10.1. The highest BCUT2D eigenvalue weighted by Gasteiger charge is 2.50. The van der Waals surface area contributed by atoms with Gasteiger partial charge in [-0.25, -0.2) is 0 Å². The first kappa shape index (κ1) is 11.5. The lowest BCUT2D eigenvalue weighted by Gasteiger charge is -2.13. The molecule has 0 aromatic heterocycles. The molecule has 0 bridgehead atoms. The number of hydrogen-bond acceptors (Lipinski definition) is 3. The molecule has 0 atom stereocenters. The number of esters is 1. The highest BCUT2D eigenvalue weighted by Crippen LogP contribution is 2.45. The van der Waals surface area contributed by atoms with E-state index in [2.05, 4.69) is 12.2 Å². The molecule has 1 aliphatic carbocycles. The van der Waals surface area contributed by atoms with Crippen LogP contribution < -0.4 is 5.32 Å². The molecule has 0 saturated heterocycles. The first-order chi connectivity index (χ1) is 6.75. The van der Waals surface area contributed by atoms with Gasteiger partial charge in [0.15, 0.2) is 0 Å². The number of nitrogens with one attached hydrogen (secondary N) is 1. The predicted octanol–water partition coefficient (Wildman–Crippen LogP) is 1.72. The van der Waals surface area contributed by atoms with E-state index in [9.17, 15) is 4.79 Å².